The normalized spacial score (nSPS) is 14.2. The van der Waals surface area contributed by atoms with E-state index < -0.39 is 0 Å². The molecule has 1 atom stereocenters. The second kappa shape index (κ2) is 7.66. The molecule has 1 amide bonds. The zero-order chi connectivity index (χ0) is 18.0. The lowest BCUT2D eigenvalue weighted by atomic mass is 10.1. The zero-order valence-corrected chi connectivity index (χ0v) is 16.1. The van der Waals surface area contributed by atoms with Crippen molar-refractivity contribution >= 4 is 35.1 Å². The van der Waals surface area contributed by atoms with Crippen molar-refractivity contribution in [3.8, 4) is 0 Å². The third kappa shape index (κ3) is 3.93. The Bertz CT molecular complexity index is 864. The number of fused-ring (bicyclic) bond motifs is 1. The summed E-state index contributed by atoms with van der Waals surface area (Å²) in [5.41, 5.74) is 4.57. The van der Waals surface area contributed by atoms with E-state index in [4.69, 9.17) is 0 Å². The molecule has 2 heterocycles. The van der Waals surface area contributed by atoms with Gasteiger partial charge in [-0.15, -0.1) is 0 Å². The highest BCUT2D eigenvalue weighted by atomic mass is 32.2. The van der Waals surface area contributed by atoms with E-state index in [1.54, 1.807) is 11.8 Å². The van der Waals surface area contributed by atoms with Crippen LogP contribution in [-0.4, -0.2) is 21.1 Å². The second-order valence-corrected chi connectivity index (χ2v) is 8.22. The van der Waals surface area contributed by atoms with E-state index in [-0.39, 0.29) is 16.7 Å². The monoisotopic (exact) mass is 375 g/mol. The first-order chi connectivity index (χ1) is 12.0. The average Bonchev–Trinajstić information content (AvgIpc) is 3.06. The molecular formula is C18H21N3O2S2. The molecule has 1 aliphatic rings. The summed E-state index contributed by atoms with van der Waals surface area (Å²) >= 11 is 3.01. The highest BCUT2D eigenvalue weighted by Gasteiger charge is 2.23. The lowest BCUT2D eigenvalue weighted by Crippen LogP contribution is -2.26. The van der Waals surface area contributed by atoms with E-state index in [0.717, 1.165) is 33.8 Å². The predicted molar refractivity (Wildman–Crippen MR) is 104 cm³/mol. The quantitative estimate of drug-likeness (QED) is 0.616. The fourth-order valence-corrected chi connectivity index (χ4v) is 4.60. The van der Waals surface area contributed by atoms with E-state index in [2.05, 4.69) is 15.3 Å². The van der Waals surface area contributed by atoms with Gasteiger partial charge in [-0.1, -0.05) is 30.8 Å². The van der Waals surface area contributed by atoms with Crippen molar-refractivity contribution in [1.29, 1.82) is 0 Å². The summed E-state index contributed by atoms with van der Waals surface area (Å²) in [6.07, 6.45) is 0.650. The van der Waals surface area contributed by atoms with Crippen LogP contribution in [0.2, 0.25) is 0 Å². The van der Waals surface area contributed by atoms with Crippen molar-refractivity contribution in [3.05, 3.63) is 50.9 Å². The van der Waals surface area contributed by atoms with Gasteiger partial charge in [-0.2, -0.15) is 11.8 Å². The van der Waals surface area contributed by atoms with Crippen LogP contribution < -0.4 is 10.9 Å². The number of aromatic amines is 1. The summed E-state index contributed by atoms with van der Waals surface area (Å²) in [4.78, 5) is 32.1. The van der Waals surface area contributed by atoms with E-state index in [0.29, 0.717) is 17.3 Å². The number of amides is 1. The maximum Gasteiger partial charge on any atom is 0.255 e. The van der Waals surface area contributed by atoms with Crippen molar-refractivity contribution in [3.63, 3.8) is 0 Å². The van der Waals surface area contributed by atoms with Crippen molar-refractivity contribution in [2.24, 2.45) is 0 Å². The molecule has 1 aliphatic heterocycles. The van der Waals surface area contributed by atoms with Crippen molar-refractivity contribution in [1.82, 2.24) is 9.97 Å². The van der Waals surface area contributed by atoms with Gasteiger partial charge in [-0.25, -0.2) is 4.98 Å². The van der Waals surface area contributed by atoms with Gasteiger partial charge in [-0.05, 0) is 37.5 Å². The third-order valence-corrected chi connectivity index (χ3v) is 6.56. The summed E-state index contributed by atoms with van der Waals surface area (Å²) in [6.45, 7) is 5.98. The van der Waals surface area contributed by atoms with Crippen molar-refractivity contribution < 1.29 is 4.79 Å². The summed E-state index contributed by atoms with van der Waals surface area (Å²) in [7, 11) is 0. The van der Waals surface area contributed by atoms with Crippen LogP contribution >= 0.6 is 23.5 Å². The molecule has 1 unspecified atom stereocenters. The molecule has 0 bridgehead atoms. The third-order valence-electron chi connectivity index (χ3n) is 4.34. The Balaban J connectivity index is 1.76. The fraction of sp³-hybridized carbons (Fsp3) is 0.389. The Morgan fingerprint density at radius 1 is 1.40 bits per heavy atom. The van der Waals surface area contributed by atoms with Crippen LogP contribution in [0.1, 0.15) is 35.7 Å². The van der Waals surface area contributed by atoms with Gasteiger partial charge in [0.15, 0.2) is 5.16 Å². The van der Waals surface area contributed by atoms with Crippen LogP contribution in [0.5, 0.6) is 0 Å². The first-order valence-electron chi connectivity index (χ1n) is 8.23. The van der Waals surface area contributed by atoms with Gasteiger partial charge in [0.25, 0.3) is 5.56 Å². The molecule has 0 saturated carbocycles. The number of carbonyl (C=O) groups excluding carboxylic acids is 1. The van der Waals surface area contributed by atoms with E-state index in [9.17, 15) is 9.59 Å². The van der Waals surface area contributed by atoms with Gasteiger partial charge in [-0.3, -0.25) is 9.59 Å². The van der Waals surface area contributed by atoms with Crippen LogP contribution in [0, 0.1) is 13.8 Å². The molecule has 7 heteroatoms. The number of carbonyl (C=O) groups is 1. The van der Waals surface area contributed by atoms with E-state index in [1.165, 1.54) is 11.8 Å². The predicted octanol–water partition coefficient (Wildman–Crippen LogP) is 3.64. The smallest absolute Gasteiger partial charge is 0.255 e. The maximum atomic E-state index is 12.7. The number of nitrogens with zero attached hydrogens (tertiary/aromatic N) is 1. The topological polar surface area (TPSA) is 74.8 Å². The minimum absolute atomic E-state index is 0.0706. The number of benzene rings is 1. The summed E-state index contributed by atoms with van der Waals surface area (Å²) in [5, 5.41) is 3.22. The molecule has 5 nitrogen and oxygen atoms in total. The van der Waals surface area contributed by atoms with Crippen LogP contribution in [0.15, 0.2) is 28.2 Å². The number of rotatable bonds is 5. The Morgan fingerprint density at radius 3 is 2.96 bits per heavy atom. The molecular weight excluding hydrogens is 354 g/mol. The Morgan fingerprint density at radius 2 is 2.20 bits per heavy atom. The lowest BCUT2D eigenvalue weighted by molar-refractivity contribution is -0.115. The number of nitrogens with one attached hydrogen (secondary N) is 2. The van der Waals surface area contributed by atoms with Crippen LogP contribution in [0.4, 0.5) is 5.69 Å². The first kappa shape index (κ1) is 18.1. The summed E-state index contributed by atoms with van der Waals surface area (Å²) in [6, 6.07) is 5.86. The molecule has 2 aromatic rings. The van der Waals surface area contributed by atoms with E-state index in [1.807, 2.05) is 39.0 Å². The highest BCUT2D eigenvalue weighted by Crippen LogP contribution is 2.29. The molecule has 3 rings (SSSR count). The van der Waals surface area contributed by atoms with Crippen LogP contribution in [0.25, 0.3) is 0 Å². The fourth-order valence-electron chi connectivity index (χ4n) is 2.65. The maximum absolute atomic E-state index is 12.7. The van der Waals surface area contributed by atoms with Gasteiger partial charge in [0.05, 0.1) is 10.9 Å². The molecule has 2 N–H and O–H groups in total. The highest BCUT2D eigenvalue weighted by molar-refractivity contribution is 8.00. The number of hydrogen-bond acceptors (Lipinski definition) is 5. The van der Waals surface area contributed by atoms with Crippen molar-refractivity contribution in [2.45, 2.75) is 49.1 Å². The number of aryl methyl sites for hydroxylation is 1. The van der Waals surface area contributed by atoms with E-state index >= 15 is 0 Å². The molecule has 0 fully saturated rings. The largest absolute Gasteiger partial charge is 0.325 e. The molecule has 132 valence electrons. The van der Waals surface area contributed by atoms with Crippen LogP contribution in [0.3, 0.4) is 0 Å². The Kier molecular flexibility index (Phi) is 5.54. The zero-order valence-electron chi connectivity index (χ0n) is 14.5. The molecule has 0 radical (unpaired) electrons. The first-order valence-corrected chi connectivity index (χ1v) is 10.3. The molecule has 1 aromatic heterocycles. The molecule has 25 heavy (non-hydrogen) atoms. The number of anilines is 1. The minimum atomic E-state index is -0.310. The number of aromatic nitrogens is 2. The standard InChI is InChI=1S/C18H21N3O2S2/c1-4-15(17(23)19-13-7-5-6-10(2)11(13)3)25-18-20-14-9-24-8-12(14)16(22)21-18/h5-7,15H,4,8-9H2,1-3H3,(H,19,23)(H,20,21,22). The SMILES string of the molecule is CCC(Sc1nc2c(c(=O)[nH]1)CSC2)C(=O)Nc1cccc(C)c1C. The summed E-state index contributed by atoms with van der Waals surface area (Å²) < 4.78 is 0. The van der Waals surface area contributed by atoms with Gasteiger partial charge in [0.2, 0.25) is 5.91 Å². The van der Waals surface area contributed by atoms with Crippen LogP contribution in [-0.2, 0) is 16.3 Å². The Labute approximate surface area is 155 Å². The molecule has 0 aliphatic carbocycles. The number of H-pyrrole nitrogens is 1. The van der Waals surface area contributed by atoms with Gasteiger partial charge in [0.1, 0.15) is 0 Å². The molecule has 1 aromatic carbocycles. The van der Waals surface area contributed by atoms with Gasteiger partial charge >= 0.3 is 0 Å². The van der Waals surface area contributed by atoms with Gasteiger partial charge < -0.3 is 10.3 Å². The average molecular weight is 376 g/mol. The molecule has 0 saturated heterocycles. The number of thioether (sulfide) groups is 2. The lowest BCUT2D eigenvalue weighted by Gasteiger charge is -2.16. The van der Waals surface area contributed by atoms with Crippen molar-refractivity contribution in [2.75, 3.05) is 5.32 Å². The minimum Gasteiger partial charge on any atom is -0.325 e. The Hall–Kier alpha value is -1.73. The second-order valence-electron chi connectivity index (χ2n) is 6.04. The number of hydrogen-bond donors (Lipinski definition) is 2. The van der Waals surface area contributed by atoms with Gasteiger partial charge in [0, 0.05) is 22.8 Å². The molecule has 0 spiro atoms. The summed E-state index contributed by atoms with van der Waals surface area (Å²) in [5.74, 6) is 1.41.